The first-order valence-corrected chi connectivity index (χ1v) is 8.92. The van der Waals surface area contributed by atoms with Gasteiger partial charge in [-0.05, 0) is 37.3 Å². The predicted octanol–water partition coefficient (Wildman–Crippen LogP) is 4.29. The van der Waals surface area contributed by atoms with Gasteiger partial charge in [0.25, 0.3) is 0 Å². The van der Waals surface area contributed by atoms with E-state index in [0.717, 1.165) is 5.56 Å². The SMILES string of the molecule is C[C@H](Sc1n[nH]c(-c2ccncc2)n1)C(=O)Nc1ccc(Cl)cc1Cl. The number of nitrogens with zero attached hydrogens (tertiary/aromatic N) is 3. The number of carbonyl (C=O) groups is 1. The summed E-state index contributed by atoms with van der Waals surface area (Å²) in [4.78, 5) is 20.7. The van der Waals surface area contributed by atoms with Gasteiger partial charge in [0.05, 0.1) is 16.0 Å². The van der Waals surface area contributed by atoms with E-state index in [4.69, 9.17) is 23.2 Å². The van der Waals surface area contributed by atoms with Gasteiger partial charge < -0.3 is 5.32 Å². The van der Waals surface area contributed by atoms with Crippen LogP contribution in [0.25, 0.3) is 11.4 Å². The van der Waals surface area contributed by atoms with Gasteiger partial charge >= 0.3 is 0 Å². The van der Waals surface area contributed by atoms with E-state index in [-0.39, 0.29) is 5.91 Å². The van der Waals surface area contributed by atoms with E-state index in [2.05, 4.69) is 25.5 Å². The van der Waals surface area contributed by atoms with E-state index in [0.29, 0.717) is 26.7 Å². The Balaban J connectivity index is 1.65. The topological polar surface area (TPSA) is 83.6 Å². The summed E-state index contributed by atoms with van der Waals surface area (Å²) in [6.45, 7) is 1.77. The number of anilines is 1. The van der Waals surface area contributed by atoms with Crippen molar-refractivity contribution in [3.05, 3.63) is 52.8 Å². The molecule has 3 rings (SSSR count). The Morgan fingerprint density at radius 1 is 1.24 bits per heavy atom. The molecule has 0 aliphatic carbocycles. The molecule has 2 aromatic heterocycles. The third kappa shape index (κ3) is 4.50. The maximum absolute atomic E-state index is 12.3. The predicted molar refractivity (Wildman–Crippen MR) is 100 cm³/mol. The molecule has 2 N–H and O–H groups in total. The van der Waals surface area contributed by atoms with Crippen molar-refractivity contribution in [2.24, 2.45) is 0 Å². The quantitative estimate of drug-likeness (QED) is 0.631. The monoisotopic (exact) mass is 393 g/mol. The van der Waals surface area contributed by atoms with E-state index in [1.165, 1.54) is 11.8 Å². The lowest BCUT2D eigenvalue weighted by atomic mass is 10.3. The molecule has 128 valence electrons. The van der Waals surface area contributed by atoms with Crippen molar-refractivity contribution in [3.63, 3.8) is 0 Å². The molecule has 1 amide bonds. The second-order valence-corrected chi connectivity index (χ2v) is 7.23. The second-order valence-electron chi connectivity index (χ2n) is 5.08. The fourth-order valence-electron chi connectivity index (χ4n) is 1.97. The lowest BCUT2D eigenvalue weighted by Crippen LogP contribution is -2.22. The van der Waals surface area contributed by atoms with Crippen LogP contribution in [-0.4, -0.2) is 31.3 Å². The Morgan fingerprint density at radius 3 is 2.72 bits per heavy atom. The number of halogens is 2. The molecule has 0 unspecified atom stereocenters. The van der Waals surface area contributed by atoms with Gasteiger partial charge in [-0.15, -0.1) is 5.10 Å². The molecule has 9 heteroatoms. The molecule has 0 bridgehead atoms. The van der Waals surface area contributed by atoms with Crippen molar-refractivity contribution in [2.45, 2.75) is 17.3 Å². The van der Waals surface area contributed by atoms with Gasteiger partial charge in [-0.2, -0.15) is 0 Å². The highest BCUT2D eigenvalue weighted by Gasteiger charge is 2.18. The first kappa shape index (κ1) is 17.7. The van der Waals surface area contributed by atoms with Crippen molar-refractivity contribution in [2.75, 3.05) is 5.32 Å². The van der Waals surface area contributed by atoms with E-state index in [9.17, 15) is 4.79 Å². The maximum Gasteiger partial charge on any atom is 0.237 e. The second kappa shape index (κ2) is 7.86. The molecule has 0 saturated heterocycles. The van der Waals surface area contributed by atoms with Crippen molar-refractivity contribution in [1.29, 1.82) is 0 Å². The van der Waals surface area contributed by atoms with Crippen LogP contribution >= 0.6 is 35.0 Å². The van der Waals surface area contributed by atoms with E-state index in [1.807, 2.05) is 12.1 Å². The minimum absolute atomic E-state index is 0.204. The smallest absolute Gasteiger partial charge is 0.237 e. The Labute approximate surface area is 158 Å². The van der Waals surface area contributed by atoms with E-state index >= 15 is 0 Å². The van der Waals surface area contributed by atoms with Crippen molar-refractivity contribution in [3.8, 4) is 11.4 Å². The summed E-state index contributed by atoms with van der Waals surface area (Å²) in [5.41, 5.74) is 1.38. The molecule has 0 spiro atoms. The van der Waals surface area contributed by atoms with Gasteiger partial charge in [0.15, 0.2) is 5.82 Å². The zero-order chi connectivity index (χ0) is 17.8. The van der Waals surface area contributed by atoms with Crippen LogP contribution in [0.4, 0.5) is 5.69 Å². The highest BCUT2D eigenvalue weighted by molar-refractivity contribution is 8.00. The molecule has 6 nitrogen and oxygen atoms in total. The molecule has 0 fully saturated rings. The summed E-state index contributed by atoms with van der Waals surface area (Å²) in [7, 11) is 0. The number of benzene rings is 1. The molecule has 0 aliphatic heterocycles. The number of amides is 1. The highest BCUT2D eigenvalue weighted by atomic mass is 35.5. The summed E-state index contributed by atoms with van der Waals surface area (Å²) < 4.78 is 0. The largest absolute Gasteiger partial charge is 0.324 e. The lowest BCUT2D eigenvalue weighted by Gasteiger charge is -2.11. The summed E-state index contributed by atoms with van der Waals surface area (Å²) in [6, 6.07) is 8.56. The van der Waals surface area contributed by atoms with E-state index in [1.54, 1.807) is 37.5 Å². The number of aromatic nitrogens is 4. The molecular formula is C16H13Cl2N5OS. The first-order valence-electron chi connectivity index (χ1n) is 7.28. The van der Waals surface area contributed by atoms with Crippen LogP contribution in [0, 0.1) is 0 Å². The number of thioether (sulfide) groups is 1. The van der Waals surface area contributed by atoms with E-state index < -0.39 is 5.25 Å². The number of pyridine rings is 1. The van der Waals surface area contributed by atoms with Crippen molar-refractivity contribution < 1.29 is 4.79 Å². The molecule has 2 heterocycles. The average Bonchev–Trinajstić information content (AvgIpc) is 3.06. The Kier molecular flexibility index (Phi) is 5.57. The van der Waals surface area contributed by atoms with Crippen LogP contribution in [0.3, 0.4) is 0 Å². The summed E-state index contributed by atoms with van der Waals surface area (Å²) in [5.74, 6) is 0.419. The lowest BCUT2D eigenvalue weighted by molar-refractivity contribution is -0.115. The van der Waals surface area contributed by atoms with Crippen molar-refractivity contribution >= 4 is 46.6 Å². The molecule has 0 radical (unpaired) electrons. The molecule has 0 saturated carbocycles. The number of rotatable bonds is 5. The molecule has 1 atom stereocenters. The number of hydrogen-bond acceptors (Lipinski definition) is 5. The van der Waals surface area contributed by atoms with Gasteiger partial charge in [-0.1, -0.05) is 35.0 Å². The minimum atomic E-state index is -0.409. The molecular weight excluding hydrogens is 381 g/mol. The van der Waals surface area contributed by atoms with Gasteiger partial charge in [0.1, 0.15) is 0 Å². The number of hydrogen-bond donors (Lipinski definition) is 2. The number of H-pyrrole nitrogens is 1. The van der Waals surface area contributed by atoms with Gasteiger partial charge in [-0.25, -0.2) is 4.98 Å². The van der Waals surface area contributed by atoms with Crippen molar-refractivity contribution in [1.82, 2.24) is 20.2 Å². The highest BCUT2D eigenvalue weighted by Crippen LogP contribution is 2.27. The normalized spacial score (nSPS) is 12.0. The van der Waals surface area contributed by atoms with Gasteiger partial charge in [0, 0.05) is 23.0 Å². The standard InChI is InChI=1S/C16H13Cl2N5OS/c1-9(15(24)20-13-3-2-11(17)8-12(13)18)25-16-21-14(22-23-16)10-4-6-19-7-5-10/h2-9H,1H3,(H,20,24)(H,21,22,23)/t9-/m0/s1. The van der Waals surface area contributed by atoms with Crippen LogP contribution < -0.4 is 5.32 Å². The Hall–Kier alpha value is -2.09. The average molecular weight is 394 g/mol. The fraction of sp³-hybridized carbons (Fsp3) is 0.125. The fourth-order valence-corrected chi connectivity index (χ4v) is 3.16. The van der Waals surface area contributed by atoms with Crippen LogP contribution in [0.5, 0.6) is 0 Å². The Morgan fingerprint density at radius 2 is 2.00 bits per heavy atom. The van der Waals surface area contributed by atoms with Gasteiger partial charge in [-0.3, -0.25) is 14.9 Å². The molecule has 0 aliphatic rings. The number of carbonyl (C=O) groups excluding carboxylic acids is 1. The van der Waals surface area contributed by atoms with Crippen LogP contribution in [0.2, 0.25) is 10.0 Å². The molecule has 3 aromatic rings. The Bertz CT molecular complexity index is 887. The zero-order valence-electron chi connectivity index (χ0n) is 13.0. The van der Waals surface area contributed by atoms with Gasteiger partial charge in [0.2, 0.25) is 11.1 Å². The summed E-state index contributed by atoms with van der Waals surface area (Å²) in [6.07, 6.45) is 3.35. The minimum Gasteiger partial charge on any atom is -0.324 e. The van der Waals surface area contributed by atoms with Crippen LogP contribution in [-0.2, 0) is 4.79 Å². The number of nitrogens with one attached hydrogen (secondary N) is 2. The first-order chi connectivity index (χ1) is 12.0. The third-order valence-electron chi connectivity index (χ3n) is 3.26. The van der Waals surface area contributed by atoms with Crippen LogP contribution in [0.15, 0.2) is 47.9 Å². The zero-order valence-corrected chi connectivity index (χ0v) is 15.4. The maximum atomic E-state index is 12.3. The third-order valence-corrected chi connectivity index (χ3v) is 4.77. The number of aromatic amines is 1. The molecule has 1 aromatic carbocycles. The van der Waals surface area contributed by atoms with Crippen LogP contribution in [0.1, 0.15) is 6.92 Å². The summed E-state index contributed by atoms with van der Waals surface area (Å²) >= 11 is 13.2. The summed E-state index contributed by atoms with van der Waals surface area (Å²) in [5, 5.41) is 10.7. The molecule has 25 heavy (non-hydrogen) atoms.